The number of allylic oxidation sites excluding steroid dienone is 1. The minimum atomic E-state index is -0.284. The highest BCUT2D eigenvalue weighted by atomic mass is 16.5. The van der Waals surface area contributed by atoms with Crippen molar-refractivity contribution in [2.75, 3.05) is 0 Å². The Morgan fingerprint density at radius 1 is 1.08 bits per heavy atom. The van der Waals surface area contributed by atoms with Gasteiger partial charge >= 0.3 is 5.97 Å². The Labute approximate surface area is 149 Å². The molecule has 0 aromatic heterocycles. The zero-order valence-corrected chi connectivity index (χ0v) is 15.5. The normalized spacial score (nSPS) is 46.0. The van der Waals surface area contributed by atoms with Gasteiger partial charge in [0.15, 0.2) is 5.78 Å². The number of rotatable bonds is 1. The molecule has 0 unspecified atom stereocenters. The molecule has 0 aromatic rings. The maximum Gasteiger partial charge on any atom is 0.302 e. The third-order valence-electron chi connectivity index (χ3n) is 7.94. The maximum atomic E-state index is 13.1. The van der Waals surface area contributed by atoms with Gasteiger partial charge in [-0.3, -0.25) is 14.4 Å². The van der Waals surface area contributed by atoms with Crippen molar-refractivity contribution in [1.29, 1.82) is 0 Å². The summed E-state index contributed by atoms with van der Waals surface area (Å²) >= 11 is 0. The van der Waals surface area contributed by atoms with Crippen molar-refractivity contribution in [3.05, 3.63) is 11.6 Å². The van der Waals surface area contributed by atoms with Crippen molar-refractivity contribution in [3.63, 3.8) is 0 Å². The van der Waals surface area contributed by atoms with E-state index in [4.69, 9.17) is 4.74 Å². The summed E-state index contributed by atoms with van der Waals surface area (Å²) in [6, 6.07) is 0. The van der Waals surface area contributed by atoms with E-state index in [1.54, 1.807) is 0 Å². The summed E-state index contributed by atoms with van der Waals surface area (Å²) < 4.78 is 5.42. The lowest BCUT2D eigenvalue weighted by atomic mass is 9.48. The molecule has 25 heavy (non-hydrogen) atoms. The van der Waals surface area contributed by atoms with E-state index in [0.717, 1.165) is 32.1 Å². The third-order valence-corrected chi connectivity index (χ3v) is 7.94. The molecule has 0 aliphatic heterocycles. The second kappa shape index (κ2) is 5.52. The third kappa shape index (κ3) is 2.36. The van der Waals surface area contributed by atoms with Crippen LogP contribution in [-0.2, 0) is 19.1 Å². The van der Waals surface area contributed by atoms with Gasteiger partial charge in [-0.25, -0.2) is 0 Å². The molecule has 4 aliphatic carbocycles. The van der Waals surface area contributed by atoms with E-state index in [0.29, 0.717) is 24.5 Å². The first-order valence-electron chi connectivity index (χ1n) is 9.71. The van der Waals surface area contributed by atoms with Gasteiger partial charge in [0.2, 0.25) is 0 Å². The van der Waals surface area contributed by atoms with Crippen LogP contribution in [0.4, 0.5) is 0 Å². The molecular formula is C21H28O4. The maximum absolute atomic E-state index is 13.1. The number of ketones is 2. The van der Waals surface area contributed by atoms with Crippen molar-refractivity contribution >= 4 is 17.5 Å². The number of hydrogen-bond donors (Lipinski definition) is 0. The van der Waals surface area contributed by atoms with Crippen LogP contribution in [0.2, 0.25) is 0 Å². The molecule has 136 valence electrons. The number of hydrogen-bond acceptors (Lipinski definition) is 4. The predicted octanol–water partition coefficient (Wildman–Crippen LogP) is 3.63. The van der Waals surface area contributed by atoms with Gasteiger partial charge in [-0.05, 0) is 55.4 Å². The summed E-state index contributed by atoms with van der Waals surface area (Å²) in [6.45, 7) is 5.84. The van der Waals surface area contributed by atoms with E-state index in [9.17, 15) is 14.4 Å². The number of carbonyl (C=O) groups is 3. The second-order valence-electron chi connectivity index (χ2n) is 9.12. The van der Waals surface area contributed by atoms with Crippen LogP contribution in [0.3, 0.4) is 0 Å². The lowest BCUT2D eigenvalue weighted by Crippen LogP contribution is -2.53. The summed E-state index contributed by atoms with van der Waals surface area (Å²) in [4.78, 5) is 36.8. The van der Waals surface area contributed by atoms with Crippen molar-refractivity contribution in [3.8, 4) is 0 Å². The molecule has 0 amide bonds. The van der Waals surface area contributed by atoms with Crippen LogP contribution >= 0.6 is 0 Å². The molecule has 3 fully saturated rings. The van der Waals surface area contributed by atoms with E-state index >= 15 is 0 Å². The average Bonchev–Trinajstić information content (AvgIpc) is 2.84. The zero-order valence-electron chi connectivity index (χ0n) is 15.5. The Hall–Kier alpha value is -1.45. The quantitative estimate of drug-likeness (QED) is 0.682. The fourth-order valence-electron chi connectivity index (χ4n) is 6.48. The zero-order chi connectivity index (χ0) is 18.0. The van der Waals surface area contributed by atoms with Gasteiger partial charge in [-0.2, -0.15) is 0 Å². The van der Waals surface area contributed by atoms with Crippen LogP contribution in [0.15, 0.2) is 11.6 Å². The Bertz CT molecular complexity index is 677. The Balaban J connectivity index is 1.67. The molecule has 0 spiro atoms. The number of fused-ring (bicyclic) bond motifs is 5. The second-order valence-corrected chi connectivity index (χ2v) is 9.12. The fourth-order valence-corrected chi connectivity index (χ4v) is 6.48. The van der Waals surface area contributed by atoms with Gasteiger partial charge in [0.1, 0.15) is 11.9 Å². The highest BCUT2D eigenvalue weighted by Gasteiger charge is 2.61. The summed E-state index contributed by atoms with van der Waals surface area (Å²) in [6.07, 6.45) is 7.66. The molecule has 3 saturated carbocycles. The first-order valence-corrected chi connectivity index (χ1v) is 9.71. The molecule has 0 saturated heterocycles. The van der Waals surface area contributed by atoms with Gasteiger partial charge < -0.3 is 4.74 Å². The summed E-state index contributed by atoms with van der Waals surface area (Å²) in [7, 11) is 0. The molecule has 0 N–H and O–H groups in total. The molecule has 4 aliphatic rings. The first kappa shape index (κ1) is 17.0. The van der Waals surface area contributed by atoms with Crippen LogP contribution in [0.25, 0.3) is 0 Å². The topological polar surface area (TPSA) is 60.4 Å². The molecule has 0 heterocycles. The van der Waals surface area contributed by atoms with E-state index in [-0.39, 0.29) is 40.5 Å². The number of Topliss-reactive ketones (excluding diaryl/α,β-unsaturated/α-hetero) is 1. The highest BCUT2D eigenvalue weighted by molar-refractivity contribution is 5.96. The van der Waals surface area contributed by atoms with E-state index < -0.39 is 0 Å². The van der Waals surface area contributed by atoms with Crippen LogP contribution in [-0.4, -0.2) is 23.6 Å². The van der Waals surface area contributed by atoms with Gasteiger partial charge in [0.25, 0.3) is 0 Å². The molecule has 0 bridgehead atoms. The SMILES string of the molecule is CC(=O)O[C@@H]1CC[C@@]2(C)C(=CC(=O)[C@@H]3[C@H]4CCC(=O)[C@]4(C)CC[C@H]32)C1. The van der Waals surface area contributed by atoms with Crippen molar-refractivity contribution in [1.82, 2.24) is 0 Å². The summed E-state index contributed by atoms with van der Waals surface area (Å²) in [5, 5.41) is 0. The minimum absolute atomic E-state index is 0.00391. The van der Waals surface area contributed by atoms with E-state index in [1.807, 2.05) is 6.08 Å². The molecule has 4 nitrogen and oxygen atoms in total. The largest absolute Gasteiger partial charge is 0.462 e. The monoisotopic (exact) mass is 344 g/mol. The Morgan fingerprint density at radius 3 is 2.48 bits per heavy atom. The standard InChI is InChI=1S/C21H28O4/c1-12(22)25-14-6-8-20(2)13(10-14)11-17(23)19-15-4-5-18(24)21(15,3)9-7-16(19)20/h11,14-16,19H,4-10H2,1-3H3/t14-,15-,16-,19-,20+,21-/m1/s1. The van der Waals surface area contributed by atoms with Crippen LogP contribution in [0.1, 0.15) is 65.7 Å². The predicted molar refractivity (Wildman–Crippen MR) is 92.7 cm³/mol. The number of ether oxygens (including phenoxy) is 1. The van der Waals surface area contributed by atoms with Crippen molar-refractivity contribution in [2.45, 2.75) is 71.8 Å². The lowest BCUT2D eigenvalue weighted by Gasteiger charge is -2.55. The molecule has 0 radical (unpaired) electrons. The van der Waals surface area contributed by atoms with Gasteiger partial charge in [0.05, 0.1) is 0 Å². The molecule has 6 atom stereocenters. The van der Waals surface area contributed by atoms with E-state index in [1.165, 1.54) is 12.5 Å². The fraction of sp³-hybridized carbons (Fsp3) is 0.762. The summed E-state index contributed by atoms with van der Waals surface area (Å²) in [5.74, 6) is 0.888. The van der Waals surface area contributed by atoms with E-state index in [2.05, 4.69) is 13.8 Å². The lowest BCUT2D eigenvalue weighted by molar-refractivity contribution is -0.149. The molecule has 0 aromatic carbocycles. The van der Waals surface area contributed by atoms with Gasteiger partial charge in [-0.15, -0.1) is 0 Å². The van der Waals surface area contributed by atoms with Gasteiger partial charge in [-0.1, -0.05) is 19.4 Å². The van der Waals surface area contributed by atoms with Crippen molar-refractivity contribution in [2.24, 2.45) is 28.6 Å². The average molecular weight is 344 g/mol. The Morgan fingerprint density at radius 2 is 1.76 bits per heavy atom. The van der Waals surface area contributed by atoms with Crippen LogP contribution in [0, 0.1) is 28.6 Å². The van der Waals surface area contributed by atoms with Gasteiger partial charge in [0, 0.05) is 31.1 Å². The molecule has 4 heteroatoms. The van der Waals surface area contributed by atoms with Crippen LogP contribution in [0.5, 0.6) is 0 Å². The van der Waals surface area contributed by atoms with Crippen LogP contribution < -0.4 is 0 Å². The summed E-state index contributed by atoms with van der Waals surface area (Å²) in [5.41, 5.74) is 0.902. The minimum Gasteiger partial charge on any atom is -0.462 e. The molecule has 4 rings (SSSR count). The molecular weight excluding hydrogens is 316 g/mol. The number of carbonyl (C=O) groups excluding carboxylic acids is 3. The Kier molecular flexibility index (Phi) is 3.75. The smallest absolute Gasteiger partial charge is 0.302 e. The van der Waals surface area contributed by atoms with Crippen molar-refractivity contribution < 1.29 is 19.1 Å². The highest BCUT2D eigenvalue weighted by Crippen LogP contribution is 2.63. The first-order chi connectivity index (χ1) is 11.8. The number of esters is 1.